The number of amides is 1. The largest absolute Gasteiger partial charge is 0.488 e. The number of carbonyl (C=O) groups excluding carboxylic acids is 1. The number of hydrogen-bond donors (Lipinski definition) is 1. The Morgan fingerprint density at radius 1 is 1.38 bits per heavy atom. The summed E-state index contributed by atoms with van der Waals surface area (Å²) in [5.41, 5.74) is 2.30. The Morgan fingerprint density at radius 3 is 2.81 bits per heavy atom. The second-order valence-electron chi connectivity index (χ2n) is 5.34. The van der Waals surface area contributed by atoms with Crippen LogP contribution < -0.4 is 10.1 Å². The first-order valence-electron chi connectivity index (χ1n) is 7.09. The summed E-state index contributed by atoms with van der Waals surface area (Å²) in [5.74, 6) is 1.25. The average Bonchev–Trinajstić information content (AvgIpc) is 3.23. The Morgan fingerprint density at radius 2 is 2.14 bits per heavy atom. The van der Waals surface area contributed by atoms with Crippen molar-refractivity contribution in [3.05, 3.63) is 46.8 Å². The van der Waals surface area contributed by atoms with E-state index in [9.17, 15) is 4.79 Å². The molecule has 1 N–H and O–H groups in total. The number of aryl methyl sites for hydroxylation is 2. The summed E-state index contributed by atoms with van der Waals surface area (Å²) in [7, 11) is 0. The molecule has 1 fully saturated rings. The molecule has 0 saturated heterocycles. The van der Waals surface area contributed by atoms with Crippen LogP contribution in [0.2, 0.25) is 0 Å². The quantitative estimate of drug-likeness (QED) is 0.918. The SMILES string of the molecule is Cc1noc(C)c1COc1ccccc1C(=O)NC1CC1. The van der Waals surface area contributed by atoms with E-state index in [1.807, 2.05) is 26.0 Å². The third-order valence-electron chi connectivity index (χ3n) is 3.60. The van der Waals surface area contributed by atoms with Crippen molar-refractivity contribution in [2.75, 3.05) is 0 Å². The molecule has 110 valence electrons. The molecule has 0 aliphatic heterocycles. The van der Waals surface area contributed by atoms with Gasteiger partial charge in [0.15, 0.2) is 0 Å². The lowest BCUT2D eigenvalue weighted by atomic mass is 10.2. The van der Waals surface area contributed by atoms with E-state index >= 15 is 0 Å². The highest BCUT2D eigenvalue weighted by Gasteiger charge is 2.25. The molecular formula is C16H18N2O3. The van der Waals surface area contributed by atoms with E-state index in [-0.39, 0.29) is 5.91 Å². The number of para-hydroxylation sites is 1. The molecule has 1 aliphatic rings. The predicted molar refractivity (Wildman–Crippen MR) is 77.2 cm³/mol. The first kappa shape index (κ1) is 13.7. The minimum absolute atomic E-state index is 0.0770. The average molecular weight is 286 g/mol. The van der Waals surface area contributed by atoms with Gasteiger partial charge in [0.25, 0.3) is 5.91 Å². The number of hydrogen-bond acceptors (Lipinski definition) is 4. The van der Waals surface area contributed by atoms with Gasteiger partial charge in [-0.15, -0.1) is 0 Å². The lowest BCUT2D eigenvalue weighted by Crippen LogP contribution is -2.25. The summed E-state index contributed by atoms with van der Waals surface area (Å²) >= 11 is 0. The van der Waals surface area contributed by atoms with Crippen LogP contribution in [0.3, 0.4) is 0 Å². The minimum Gasteiger partial charge on any atom is -0.488 e. The van der Waals surface area contributed by atoms with E-state index in [4.69, 9.17) is 9.26 Å². The van der Waals surface area contributed by atoms with Gasteiger partial charge in [-0.05, 0) is 38.8 Å². The summed E-state index contributed by atoms with van der Waals surface area (Å²) < 4.78 is 10.9. The number of aromatic nitrogens is 1. The van der Waals surface area contributed by atoms with E-state index in [1.54, 1.807) is 12.1 Å². The molecule has 0 unspecified atom stereocenters. The Labute approximate surface area is 123 Å². The van der Waals surface area contributed by atoms with E-state index in [0.717, 1.165) is 29.9 Å². The molecule has 0 bridgehead atoms. The second-order valence-corrected chi connectivity index (χ2v) is 5.34. The van der Waals surface area contributed by atoms with Crippen molar-refractivity contribution in [1.29, 1.82) is 0 Å². The molecule has 1 amide bonds. The van der Waals surface area contributed by atoms with Crippen molar-refractivity contribution in [1.82, 2.24) is 10.5 Å². The Kier molecular flexibility index (Phi) is 3.64. The summed E-state index contributed by atoms with van der Waals surface area (Å²) in [6.07, 6.45) is 2.13. The molecule has 0 spiro atoms. The first-order valence-corrected chi connectivity index (χ1v) is 7.09. The fraction of sp³-hybridized carbons (Fsp3) is 0.375. The van der Waals surface area contributed by atoms with Gasteiger partial charge in [-0.1, -0.05) is 17.3 Å². The fourth-order valence-corrected chi connectivity index (χ4v) is 2.13. The number of ether oxygens (including phenoxy) is 1. The lowest BCUT2D eigenvalue weighted by molar-refractivity contribution is 0.0946. The maximum atomic E-state index is 12.2. The van der Waals surface area contributed by atoms with Crippen LogP contribution in [-0.2, 0) is 6.61 Å². The molecule has 0 radical (unpaired) electrons. The predicted octanol–water partition coefficient (Wildman–Crippen LogP) is 2.76. The second kappa shape index (κ2) is 5.60. The summed E-state index contributed by atoms with van der Waals surface area (Å²) in [6, 6.07) is 7.61. The summed E-state index contributed by atoms with van der Waals surface area (Å²) in [5, 5.41) is 6.88. The zero-order valence-electron chi connectivity index (χ0n) is 12.2. The molecule has 1 aromatic heterocycles. The van der Waals surface area contributed by atoms with E-state index in [0.29, 0.717) is 24.0 Å². The zero-order chi connectivity index (χ0) is 14.8. The zero-order valence-corrected chi connectivity index (χ0v) is 12.2. The van der Waals surface area contributed by atoms with Crippen molar-refractivity contribution in [2.24, 2.45) is 0 Å². The molecule has 1 saturated carbocycles. The van der Waals surface area contributed by atoms with Crippen molar-refractivity contribution in [3.8, 4) is 5.75 Å². The van der Waals surface area contributed by atoms with Crippen LogP contribution in [-0.4, -0.2) is 17.1 Å². The van der Waals surface area contributed by atoms with Gasteiger partial charge in [0.05, 0.1) is 16.8 Å². The third-order valence-corrected chi connectivity index (χ3v) is 3.60. The van der Waals surface area contributed by atoms with Crippen molar-refractivity contribution >= 4 is 5.91 Å². The normalized spacial score (nSPS) is 14.0. The highest BCUT2D eigenvalue weighted by molar-refractivity contribution is 5.97. The Hall–Kier alpha value is -2.30. The Bertz CT molecular complexity index is 640. The van der Waals surface area contributed by atoms with Gasteiger partial charge in [-0.25, -0.2) is 0 Å². The van der Waals surface area contributed by atoms with Gasteiger partial charge in [0, 0.05) is 6.04 Å². The molecule has 5 heteroatoms. The monoisotopic (exact) mass is 286 g/mol. The number of nitrogens with one attached hydrogen (secondary N) is 1. The van der Waals surface area contributed by atoms with Crippen LogP contribution in [0.25, 0.3) is 0 Å². The Balaban J connectivity index is 1.74. The van der Waals surface area contributed by atoms with Gasteiger partial charge >= 0.3 is 0 Å². The van der Waals surface area contributed by atoms with Crippen molar-refractivity contribution < 1.29 is 14.1 Å². The molecule has 3 rings (SSSR count). The molecule has 1 heterocycles. The van der Waals surface area contributed by atoms with E-state index in [2.05, 4.69) is 10.5 Å². The van der Waals surface area contributed by atoms with Gasteiger partial charge in [0.2, 0.25) is 0 Å². The highest BCUT2D eigenvalue weighted by Crippen LogP contribution is 2.24. The molecule has 21 heavy (non-hydrogen) atoms. The standard InChI is InChI=1S/C16H18N2O3/c1-10-14(11(2)21-18-10)9-20-15-6-4-3-5-13(15)16(19)17-12-7-8-12/h3-6,12H,7-9H2,1-2H3,(H,17,19). The maximum Gasteiger partial charge on any atom is 0.255 e. The van der Waals surface area contributed by atoms with Gasteiger partial charge in [0.1, 0.15) is 18.1 Å². The van der Waals surface area contributed by atoms with E-state index < -0.39 is 0 Å². The van der Waals surface area contributed by atoms with Crippen molar-refractivity contribution in [3.63, 3.8) is 0 Å². The number of rotatable bonds is 5. The van der Waals surface area contributed by atoms with Crippen LogP contribution in [0.1, 0.15) is 40.2 Å². The summed E-state index contributed by atoms with van der Waals surface area (Å²) in [4.78, 5) is 12.2. The minimum atomic E-state index is -0.0770. The van der Waals surface area contributed by atoms with Gasteiger partial charge in [-0.3, -0.25) is 4.79 Å². The number of carbonyl (C=O) groups is 1. The van der Waals surface area contributed by atoms with Crippen LogP contribution in [0, 0.1) is 13.8 Å². The topological polar surface area (TPSA) is 64.4 Å². The number of nitrogens with zero attached hydrogens (tertiary/aromatic N) is 1. The summed E-state index contributed by atoms with van der Waals surface area (Å²) in [6.45, 7) is 4.07. The third kappa shape index (κ3) is 3.07. The van der Waals surface area contributed by atoms with Gasteiger partial charge < -0.3 is 14.6 Å². The van der Waals surface area contributed by atoms with Crippen LogP contribution in [0.5, 0.6) is 5.75 Å². The van der Waals surface area contributed by atoms with Crippen LogP contribution in [0.15, 0.2) is 28.8 Å². The van der Waals surface area contributed by atoms with Crippen molar-refractivity contribution in [2.45, 2.75) is 39.3 Å². The smallest absolute Gasteiger partial charge is 0.255 e. The number of benzene rings is 1. The molecule has 2 aromatic rings. The first-order chi connectivity index (χ1) is 10.1. The molecule has 0 atom stereocenters. The van der Waals surface area contributed by atoms with Crippen LogP contribution in [0.4, 0.5) is 0 Å². The van der Waals surface area contributed by atoms with Gasteiger partial charge in [-0.2, -0.15) is 0 Å². The van der Waals surface area contributed by atoms with E-state index in [1.165, 1.54) is 0 Å². The lowest BCUT2D eigenvalue weighted by Gasteiger charge is -2.11. The highest BCUT2D eigenvalue weighted by atomic mass is 16.5. The molecule has 1 aromatic carbocycles. The maximum absolute atomic E-state index is 12.2. The molecular weight excluding hydrogens is 268 g/mol. The molecule has 1 aliphatic carbocycles. The van der Waals surface area contributed by atoms with Crippen LogP contribution >= 0.6 is 0 Å². The molecule has 5 nitrogen and oxygen atoms in total. The fourth-order valence-electron chi connectivity index (χ4n) is 2.13.